The molecule has 0 aliphatic rings. The first-order valence-electron chi connectivity index (χ1n) is 5.77. The number of hydrogen-bond donors (Lipinski definition) is 1. The third-order valence-corrected chi connectivity index (χ3v) is 4.20. The fourth-order valence-electron chi connectivity index (χ4n) is 1.72. The summed E-state index contributed by atoms with van der Waals surface area (Å²) in [6, 6.07) is 7.93. The van der Waals surface area contributed by atoms with Gasteiger partial charge in [0, 0.05) is 11.6 Å². The third-order valence-electron chi connectivity index (χ3n) is 2.76. The van der Waals surface area contributed by atoms with E-state index in [9.17, 15) is 13.0 Å². The highest BCUT2D eigenvalue weighted by atomic mass is 32.2. The van der Waals surface area contributed by atoms with E-state index < -0.39 is 22.4 Å². The van der Waals surface area contributed by atoms with Crippen molar-refractivity contribution in [2.75, 3.05) is 12.8 Å². The first-order chi connectivity index (χ1) is 9.51. The van der Waals surface area contributed by atoms with Crippen molar-refractivity contribution in [1.29, 1.82) is 0 Å². The molecule has 0 radical (unpaired) electrons. The van der Waals surface area contributed by atoms with E-state index in [1.165, 1.54) is 31.4 Å². The Morgan fingerprint density at radius 2 is 1.95 bits per heavy atom. The number of nitrogen functional groups attached to an aromatic ring is 1. The zero-order valence-corrected chi connectivity index (χ0v) is 11.5. The van der Waals surface area contributed by atoms with E-state index >= 15 is 0 Å². The maximum absolute atomic E-state index is 13.8. The molecule has 3 nitrogen and oxygen atoms in total. The lowest BCUT2D eigenvalue weighted by molar-refractivity contribution is 0.411. The minimum absolute atomic E-state index is 0.0361. The molecule has 2 rings (SSSR count). The van der Waals surface area contributed by atoms with Crippen LogP contribution in [0.2, 0.25) is 0 Å². The van der Waals surface area contributed by atoms with Gasteiger partial charge in [-0.15, -0.1) is 0 Å². The van der Waals surface area contributed by atoms with Crippen LogP contribution in [0.1, 0.15) is 5.56 Å². The average molecular weight is 297 g/mol. The molecule has 6 heteroatoms. The molecule has 20 heavy (non-hydrogen) atoms. The van der Waals surface area contributed by atoms with Gasteiger partial charge in [0.1, 0.15) is 17.4 Å². The molecule has 0 spiro atoms. The van der Waals surface area contributed by atoms with Crippen LogP contribution >= 0.6 is 0 Å². The Labute approximate surface area is 117 Å². The normalized spacial score (nSPS) is 12.2. The highest BCUT2D eigenvalue weighted by Gasteiger charge is 2.13. The summed E-state index contributed by atoms with van der Waals surface area (Å²) in [4.78, 5) is 0.293. The lowest BCUT2D eigenvalue weighted by atomic mass is 10.2. The molecule has 0 fully saturated rings. The predicted molar refractivity (Wildman–Crippen MR) is 73.9 cm³/mol. The van der Waals surface area contributed by atoms with Crippen LogP contribution in [-0.2, 0) is 16.6 Å². The smallest absolute Gasteiger partial charge is 0.131 e. The lowest BCUT2D eigenvalue weighted by Gasteiger charge is -2.08. The zero-order chi connectivity index (χ0) is 14.7. The van der Waals surface area contributed by atoms with Crippen LogP contribution in [0.25, 0.3) is 0 Å². The molecule has 2 aromatic rings. The molecule has 0 saturated heterocycles. The van der Waals surface area contributed by atoms with Crippen molar-refractivity contribution in [2.24, 2.45) is 0 Å². The van der Waals surface area contributed by atoms with Crippen molar-refractivity contribution in [1.82, 2.24) is 0 Å². The summed E-state index contributed by atoms with van der Waals surface area (Å²) < 4.78 is 43.8. The molecule has 0 aliphatic carbocycles. The molecule has 0 heterocycles. The summed E-state index contributed by atoms with van der Waals surface area (Å²) in [6.45, 7) is 0. The monoisotopic (exact) mass is 297 g/mol. The summed E-state index contributed by atoms with van der Waals surface area (Å²) in [5.41, 5.74) is 5.99. The Morgan fingerprint density at radius 1 is 1.20 bits per heavy atom. The Balaban J connectivity index is 2.23. The summed E-state index contributed by atoms with van der Waals surface area (Å²) in [6.07, 6.45) is 0. The van der Waals surface area contributed by atoms with E-state index in [0.717, 1.165) is 6.07 Å². The van der Waals surface area contributed by atoms with E-state index in [1.54, 1.807) is 6.07 Å². The van der Waals surface area contributed by atoms with E-state index in [2.05, 4.69) is 0 Å². The molecular weight excluding hydrogens is 284 g/mol. The first kappa shape index (κ1) is 14.5. The van der Waals surface area contributed by atoms with Gasteiger partial charge in [0.15, 0.2) is 0 Å². The van der Waals surface area contributed by atoms with Gasteiger partial charge >= 0.3 is 0 Å². The molecular formula is C14H13F2NO2S. The summed E-state index contributed by atoms with van der Waals surface area (Å²) in [7, 11) is -0.109. The number of benzene rings is 2. The molecule has 0 saturated carbocycles. The highest BCUT2D eigenvalue weighted by Crippen LogP contribution is 2.23. The minimum atomic E-state index is -1.55. The second-order valence-electron chi connectivity index (χ2n) is 4.13. The molecule has 1 unspecified atom stereocenters. The van der Waals surface area contributed by atoms with Crippen molar-refractivity contribution >= 4 is 16.5 Å². The van der Waals surface area contributed by atoms with Gasteiger partial charge in [-0.2, -0.15) is 0 Å². The second-order valence-corrected chi connectivity index (χ2v) is 5.55. The van der Waals surface area contributed by atoms with Gasteiger partial charge in [-0.1, -0.05) is 6.07 Å². The van der Waals surface area contributed by atoms with Crippen LogP contribution in [0.3, 0.4) is 0 Å². The average Bonchev–Trinajstić information content (AvgIpc) is 2.40. The number of anilines is 1. The van der Waals surface area contributed by atoms with Crippen LogP contribution < -0.4 is 10.5 Å². The van der Waals surface area contributed by atoms with Crippen molar-refractivity contribution in [3.05, 3.63) is 53.6 Å². The van der Waals surface area contributed by atoms with Gasteiger partial charge in [-0.3, -0.25) is 4.21 Å². The molecule has 2 aromatic carbocycles. The summed E-state index contributed by atoms with van der Waals surface area (Å²) >= 11 is 0. The fourth-order valence-corrected chi connectivity index (χ4v) is 2.93. The van der Waals surface area contributed by atoms with Crippen LogP contribution in [-0.4, -0.2) is 11.3 Å². The maximum atomic E-state index is 13.8. The number of methoxy groups -OCH3 is 1. The largest absolute Gasteiger partial charge is 0.497 e. The molecule has 0 amide bonds. The number of halogens is 2. The summed E-state index contributed by atoms with van der Waals surface area (Å²) in [5.74, 6) is -0.651. The van der Waals surface area contributed by atoms with E-state index in [1.807, 2.05) is 0 Å². The highest BCUT2D eigenvalue weighted by molar-refractivity contribution is 7.84. The fraction of sp³-hybridized carbons (Fsp3) is 0.143. The Morgan fingerprint density at radius 3 is 2.55 bits per heavy atom. The van der Waals surface area contributed by atoms with E-state index in [4.69, 9.17) is 10.5 Å². The van der Waals surface area contributed by atoms with Gasteiger partial charge in [0.25, 0.3) is 0 Å². The third kappa shape index (κ3) is 3.14. The van der Waals surface area contributed by atoms with Crippen molar-refractivity contribution in [3.8, 4) is 5.75 Å². The van der Waals surface area contributed by atoms with Crippen molar-refractivity contribution in [3.63, 3.8) is 0 Å². The van der Waals surface area contributed by atoms with E-state index in [0.29, 0.717) is 10.6 Å². The molecule has 106 valence electrons. The Kier molecular flexibility index (Phi) is 4.34. The second kappa shape index (κ2) is 6.00. The lowest BCUT2D eigenvalue weighted by Crippen LogP contribution is -2.03. The van der Waals surface area contributed by atoms with Crippen LogP contribution in [0, 0.1) is 11.6 Å². The van der Waals surface area contributed by atoms with Gasteiger partial charge in [0.2, 0.25) is 0 Å². The van der Waals surface area contributed by atoms with Gasteiger partial charge in [-0.25, -0.2) is 8.78 Å². The predicted octanol–water partition coefficient (Wildman–Crippen LogP) is 2.86. The number of nitrogens with two attached hydrogens (primary N) is 1. The SMILES string of the molecule is COc1ccc(CS(=O)c2ccc(F)cc2N)c(F)c1. The number of rotatable bonds is 4. The molecule has 0 bridgehead atoms. The van der Waals surface area contributed by atoms with Gasteiger partial charge in [-0.05, 0) is 24.3 Å². The Bertz CT molecular complexity index is 662. The van der Waals surface area contributed by atoms with Gasteiger partial charge < -0.3 is 10.5 Å². The number of hydrogen-bond acceptors (Lipinski definition) is 3. The molecule has 1 atom stereocenters. The first-order valence-corrected chi connectivity index (χ1v) is 7.09. The summed E-state index contributed by atoms with van der Waals surface area (Å²) in [5, 5.41) is 0. The molecule has 2 N–H and O–H groups in total. The van der Waals surface area contributed by atoms with Crippen molar-refractivity contribution in [2.45, 2.75) is 10.6 Å². The zero-order valence-electron chi connectivity index (χ0n) is 10.7. The maximum Gasteiger partial charge on any atom is 0.131 e. The van der Waals surface area contributed by atoms with Crippen LogP contribution in [0.5, 0.6) is 5.75 Å². The molecule has 0 aromatic heterocycles. The molecule has 0 aliphatic heterocycles. The standard InChI is InChI=1S/C14H13F2NO2S/c1-19-11-4-2-9(12(16)7-11)8-20(18)14-5-3-10(15)6-13(14)17/h2-7H,8,17H2,1H3. The minimum Gasteiger partial charge on any atom is -0.497 e. The van der Waals surface area contributed by atoms with Gasteiger partial charge in [0.05, 0.1) is 34.2 Å². The van der Waals surface area contributed by atoms with Crippen LogP contribution in [0.15, 0.2) is 41.3 Å². The van der Waals surface area contributed by atoms with Crippen molar-refractivity contribution < 1.29 is 17.7 Å². The Hall–Kier alpha value is -1.95. The topological polar surface area (TPSA) is 52.3 Å². The van der Waals surface area contributed by atoms with E-state index in [-0.39, 0.29) is 17.0 Å². The quantitative estimate of drug-likeness (QED) is 0.883. The number of ether oxygens (including phenoxy) is 1. The van der Waals surface area contributed by atoms with Crippen LogP contribution in [0.4, 0.5) is 14.5 Å².